The monoisotopic (exact) mass is 628 g/mol. The molecule has 37 heavy (non-hydrogen) atoms. The van der Waals surface area contributed by atoms with Gasteiger partial charge in [0.15, 0.2) is 0 Å². The van der Waals surface area contributed by atoms with Crippen LogP contribution in [0.1, 0.15) is 81.0 Å². The van der Waals surface area contributed by atoms with Gasteiger partial charge in [0.2, 0.25) is 0 Å². The summed E-state index contributed by atoms with van der Waals surface area (Å²) in [6.07, 6.45) is 11.3. The van der Waals surface area contributed by atoms with Crippen LogP contribution in [0, 0.1) is 11.8 Å². The summed E-state index contributed by atoms with van der Waals surface area (Å²) in [5.41, 5.74) is 12.5. The number of allylic oxidation sites excluding steroid dienone is 5. The van der Waals surface area contributed by atoms with Crippen molar-refractivity contribution in [2.75, 3.05) is 0 Å². The third-order valence-corrected chi connectivity index (χ3v) is 28.1. The second-order valence-corrected chi connectivity index (χ2v) is 28.9. The number of hydrogen-bond donors (Lipinski definition) is 0. The Labute approximate surface area is 246 Å². The molecule has 0 aliphatic heterocycles. The molecule has 2 aromatic carbocycles. The van der Waals surface area contributed by atoms with E-state index < -0.39 is 20.4 Å². The first-order valence-corrected chi connectivity index (χ1v) is 22.7. The van der Waals surface area contributed by atoms with Crippen molar-refractivity contribution < 1.29 is 20.4 Å². The third-order valence-electron chi connectivity index (χ3n) is 9.24. The fourth-order valence-corrected chi connectivity index (χ4v) is 27.5. The van der Waals surface area contributed by atoms with Gasteiger partial charge < -0.3 is 0 Å². The molecular formula is C33H44Cl2SiZr. The summed E-state index contributed by atoms with van der Waals surface area (Å²) >= 11 is -1.99. The standard InChI is InChI=1S/C22H23.C9H13.C2H6Si.2ClH.Zr/c1-3-8-17(9-4-1)14-18-15-20-12-7-13-21(22(20)16-18)19-10-5-2-6-11-19;1-6-5-7(2)9(4)8(6)3;1-3-2;;;/h2,5-7,10-13,15-17H,1,3-4,8-9,14H2;6H,1-4H3;1-2H3;2*1H;. The van der Waals surface area contributed by atoms with Crippen molar-refractivity contribution in [3.8, 4) is 11.1 Å². The maximum absolute atomic E-state index is 2.70. The smallest absolute Gasteiger partial charge is 0.147 e. The average Bonchev–Trinajstić information content (AvgIpc) is 3.31. The molecule has 0 bridgehead atoms. The Bertz CT molecular complexity index is 1260. The van der Waals surface area contributed by atoms with E-state index in [4.69, 9.17) is 0 Å². The molecule has 0 nitrogen and oxygen atoms in total. The van der Waals surface area contributed by atoms with E-state index in [-0.39, 0.29) is 30.2 Å². The van der Waals surface area contributed by atoms with Crippen LogP contribution in [-0.2, 0) is 20.4 Å². The first kappa shape index (κ1) is 30.9. The minimum Gasteiger partial charge on any atom is -0.147 e. The van der Waals surface area contributed by atoms with Gasteiger partial charge in [-0.25, -0.2) is 0 Å². The first-order chi connectivity index (χ1) is 16.9. The Morgan fingerprint density at radius 2 is 1.51 bits per heavy atom. The van der Waals surface area contributed by atoms with E-state index in [1.54, 1.807) is 27.8 Å². The molecule has 0 spiro atoms. The minimum absolute atomic E-state index is 0. The van der Waals surface area contributed by atoms with Crippen LogP contribution in [0.4, 0.5) is 0 Å². The van der Waals surface area contributed by atoms with Crippen LogP contribution in [-0.4, -0.2) is 5.43 Å². The van der Waals surface area contributed by atoms with Gasteiger partial charge in [-0.1, -0.05) is 0 Å². The predicted molar refractivity (Wildman–Crippen MR) is 166 cm³/mol. The Morgan fingerprint density at radius 3 is 2.11 bits per heavy atom. The van der Waals surface area contributed by atoms with Crippen molar-refractivity contribution in [1.29, 1.82) is 0 Å². The molecule has 2 atom stereocenters. The van der Waals surface area contributed by atoms with Gasteiger partial charge in [0, 0.05) is 0 Å². The number of benzene rings is 2. The zero-order valence-electron chi connectivity index (χ0n) is 23.5. The summed E-state index contributed by atoms with van der Waals surface area (Å²) in [6.45, 7) is 15.1. The normalized spacial score (nSPS) is 21.3. The second-order valence-electron chi connectivity index (χ2n) is 11.5. The van der Waals surface area contributed by atoms with Gasteiger partial charge in [0.05, 0.1) is 0 Å². The van der Waals surface area contributed by atoms with Gasteiger partial charge in [-0.3, -0.25) is 0 Å². The Morgan fingerprint density at radius 1 is 0.838 bits per heavy atom. The largest absolute Gasteiger partial charge is 0.147 e. The molecular weight excluding hydrogens is 587 g/mol. The quantitative estimate of drug-likeness (QED) is 0.288. The summed E-state index contributed by atoms with van der Waals surface area (Å²) < 4.78 is 2.70. The van der Waals surface area contributed by atoms with E-state index in [1.165, 1.54) is 49.7 Å². The number of hydrogen-bond acceptors (Lipinski definition) is 0. The molecule has 0 aromatic heterocycles. The van der Waals surface area contributed by atoms with E-state index >= 15 is 0 Å². The summed E-state index contributed by atoms with van der Waals surface area (Å²) in [5.74, 6) is 1.57. The molecule has 2 aromatic rings. The molecule has 1 fully saturated rings. The van der Waals surface area contributed by atoms with Crippen LogP contribution >= 0.6 is 24.8 Å². The SMILES string of the molecule is CC1=C(C)C(C)[C]([Zr]([CH]2C(CC3CCCCC3)=Cc3c(-c4ccccc4)cccc32)=[Si](C)C)=C1C.Cl.Cl. The van der Waals surface area contributed by atoms with E-state index in [0.717, 1.165) is 9.54 Å². The summed E-state index contributed by atoms with van der Waals surface area (Å²) in [6, 6.07) is 18.4. The van der Waals surface area contributed by atoms with Crippen LogP contribution in [0.15, 0.2) is 74.1 Å². The van der Waals surface area contributed by atoms with Gasteiger partial charge in [-0.2, -0.15) is 0 Å². The summed E-state index contributed by atoms with van der Waals surface area (Å²) in [4.78, 5) is 0. The molecule has 3 aliphatic rings. The second kappa shape index (κ2) is 13.1. The van der Waals surface area contributed by atoms with Crippen molar-refractivity contribution in [1.82, 2.24) is 0 Å². The molecule has 0 heterocycles. The predicted octanol–water partition coefficient (Wildman–Crippen LogP) is 10.7. The van der Waals surface area contributed by atoms with Crippen molar-refractivity contribution in [3.63, 3.8) is 0 Å². The van der Waals surface area contributed by atoms with Crippen molar-refractivity contribution in [2.45, 2.75) is 82.9 Å². The maximum atomic E-state index is 2.70. The molecule has 2 unspecified atom stereocenters. The molecule has 3 aliphatic carbocycles. The summed E-state index contributed by atoms with van der Waals surface area (Å²) in [7, 11) is 0. The van der Waals surface area contributed by atoms with Crippen molar-refractivity contribution in [2.24, 2.45) is 11.8 Å². The average molecular weight is 631 g/mol. The number of rotatable bonds is 5. The molecule has 5 rings (SSSR count). The van der Waals surface area contributed by atoms with Crippen LogP contribution in [0.25, 0.3) is 17.2 Å². The van der Waals surface area contributed by atoms with Gasteiger partial charge in [0.25, 0.3) is 0 Å². The van der Waals surface area contributed by atoms with Crippen LogP contribution in [0.5, 0.6) is 0 Å². The minimum atomic E-state index is -1.99. The topological polar surface area (TPSA) is 0 Å². The van der Waals surface area contributed by atoms with Crippen LogP contribution < -0.4 is 0 Å². The Kier molecular flexibility index (Phi) is 11.0. The van der Waals surface area contributed by atoms with Crippen LogP contribution in [0.3, 0.4) is 0 Å². The molecule has 4 heteroatoms. The summed E-state index contributed by atoms with van der Waals surface area (Å²) in [5, 5.41) is 0. The molecule has 0 amide bonds. The van der Waals surface area contributed by atoms with Gasteiger partial charge >= 0.3 is 223 Å². The van der Waals surface area contributed by atoms with Gasteiger partial charge in [-0.15, -0.1) is 24.8 Å². The number of halogens is 2. The molecule has 198 valence electrons. The van der Waals surface area contributed by atoms with Gasteiger partial charge in [-0.05, 0) is 0 Å². The Balaban J connectivity index is 0.00000190. The third kappa shape index (κ3) is 5.94. The van der Waals surface area contributed by atoms with E-state index in [2.05, 4.69) is 95.4 Å². The zero-order valence-corrected chi connectivity index (χ0v) is 28.6. The molecule has 1 saturated carbocycles. The fourth-order valence-electron chi connectivity index (χ4n) is 7.09. The van der Waals surface area contributed by atoms with Crippen molar-refractivity contribution >= 4 is 36.3 Å². The molecule has 0 radical (unpaired) electrons. The Hall–Kier alpha value is -0.660. The molecule has 0 N–H and O–H groups in total. The number of fused-ring (bicyclic) bond motifs is 1. The fraction of sp³-hybridized carbons (Fsp3) is 0.455. The molecule has 0 saturated heterocycles. The first-order valence-electron chi connectivity index (χ1n) is 13.8. The van der Waals surface area contributed by atoms with Crippen molar-refractivity contribution in [3.05, 3.63) is 85.2 Å². The zero-order chi connectivity index (χ0) is 24.7. The van der Waals surface area contributed by atoms with Crippen LogP contribution in [0.2, 0.25) is 13.1 Å². The van der Waals surface area contributed by atoms with E-state index in [1.807, 2.05) is 8.85 Å². The van der Waals surface area contributed by atoms with E-state index in [9.17, 15) is 0 Å². The van der Waals surface area contributed by atoms with Gasteiger partial charge in [0.1, 0.15) is 0 Å². The maximum Gasteiger partial charge on any atom is -0.147 e. The van der Waals surface area contributed by atoms with E-state index in [0.29, 0.717) is 5.92 Å².